The number of benzene rings is 2. The Morgan fingerprint density at radius 2 is 1.66 bits per heavy atom. The maximum atomic E-state index is 12.7. The molecule has 1 heterocycles. The van der Waals surface area contributed by atoms with Crippen molar-refractivity contribution in [2.45, 2.75) is 13.8 Å². The second kappa shape index (κ2) is 8.88. The zero-order valence-electron chi connectivity index (χ0n) is 16.1. The highest BCUT2D eigenvalue weighted by atomic mass is 16.3. The van der Waals surface area contributed by atoms with Gasteiger partial charge in [0.05, 0.1) is 6.26 Å². The van der Waals surface area contributed by atoms with Crippen LogP contribution in [-0.2, 0) is 0 Å². The number of furan rings is 1. The molecule has 2 aromatic carbocycles. The van der Waals surface area contributed by atoms with Crippen molar-refractivity contribution in [1.82, 2.24) is 5.32 Å². The fourth-order valence-electron chi connectivity index (χ4n) is 2.69. The average molecular weight is 391 g/mol. The normalized spacial score (nSPS) is 10.3. The first-order valence-corrected chi connectivity index (χ1v) is 9.13. The van der Waals surface area contributed by atoms with Crippen LogP contribution >= 0.6 is 0 Å². The van der Waals surface area contributed by atoms with Gasteiger partial charge in [0, 0.05) is 29.0 Å². The quantitative estimate of drug-likeness (QED) is 0.594. The zero-order valence-corrected chi connectivity index (χ0v) is 16.1. The minimum Gasteiger partial charge on any atom is -0.459 e. The van der Waals surface area contributed by atoms with Crippen molar-refractivity contribution in [3.63, 3.8) is 0 Å². The molecule has 7 heteroatoms. The van der Waals surface area contributed by atoms with Gasteiger partial charge in [-0.25, -0.2) is 0 Å². The molecule has 7 nitrogen and oxygen atoms in total. The maximum absolute atomic E-state index is 12.7. The highest BCUT2D eigenvalue weighted by Crippen LogP contribution is 2.20. The lowest BCUT2D eigenvalue weighted by Gasteiger charge is -2.11. The highest BCUT2D eigenvalue weighted by molar-refractivity contribution is 6.07. The van der Waals surface area contributed by atoms with Crippen molar-refractivity contribution >= 4 is 29.1 Å². The molecule has 0 aliphatic rings. The molecule has 29 heavy (non-hydrogen) atoms. The average Bonchev–Trinajstić information content (AvgIpc) is 3.25. The topological polar surface area (TPSA) is 100 Å². The van der Waals surface area contributed by atoms with Crippen LogP contribution in [0.2, 0.25) is 0 Å². The van der Waals surface area contributed by atoms with Crippen molar-refractivity contribution in [2.24, 2.45) is 0 Å². The Labute approximate surface area is 168 Å². The fourth-order valence-corrected chi connectivity index (χ4v) is 2.69. The largest absolute Gasteiger partial charge is 0.459 e. The summed E-state index contributed by atoms with van der Waals surface area (Å²) in [6.45, 7) is 4.18. The first-order chi connectivity index (χ1) is 14.0. The summed E-state index contributed by atoms with van der Waals surface area (Å²) in [6, 6.07) is 14.9. The molecule has 0 radical (unpaired) electrons. The van der Waals surface area contributed by atoms with Gasteiger partial charge in [-0.05, 0) is 61.9 Å². The molecule has 0 aliphatic carbocycles. The summed E-state index contributed by atoms with van der Waals surface area (Å²) in [5, 5.41) is 8.24. The van der Waals surface area contributed by atoms with Gasteiger partial charge in [-0.15, -0.1) is 0 Å². The second-order valence-corrected chi connectivity index (χ2v) is 6.36. The molecule has 0 saturated carbocycles. The van der Waals surface area contributed by atoms with E-state index in [4.69, 9.17) is 4.42 Å². The summed E-state index contributed by atoms with van der Waals surface area (Å²) in [5.41, 5.74) is 2.64. The molecule has 3 N–H and O–H groups in total. The molecule has 0 atom stereocenters. The van der Waals surface area contributed by atoms with Gasteiger partial charge in [-0.1, -0.05) is 12.1 Å². The Morgan fingerprint density at radius 1 is 0.862 bits per heavy atom. The van der Waals surface area contributed by atoms with Crippen LogP contribution in [0.3, 0.4) is 0 Å². The van der Waals surface area contributed by atoms with E-state index in [0.717, 1.165) is 5.56 Å². The van der Waals surface area contributed by atoms with Gasteiger partial charge in [-0.2, -0.15) is 0 Å². The summed E-state index contributed by atoms with van der Waals surface area (Å²) < 4.78 is 5.09. The van der Waals surface area contributed by atoms with Crippen molar-refractivity contribution < 1.29 is 18.8 Å². The summed E-state index contributed by atoms with van der Waals surface area (Å²) >= 11 is 0. The third kappa shape index (κ3) is 4.90. The lowest BCUT2D eigenvalue weighted by atomic mass is 10.1. The van der Waals surface area contributed by atoms with Gasteiger partial charge in [0.15, 0.2) is 5.76 Å². The molecule has 148 valence electrons. The van der Waals surface area contributed by atoms with E-state index in [2.05, 4.69) is 16.0 Å². The summed E-state index contributed by atoms with van der Waals surface area (Å²) in [6.07, 6.45) is 1.42. The van der Waals surface area contributed by atoms with Gasteiger partial charge in [-0.3, -0.25) is 14.4 Å². The molecule has 3 aromatic rings. The van der Waals surface area contributed by atoms with E-state index in [0.29, 0.717) is 29.0 Å². The Hall–Kier alpha value is -3.87. The van der Waals surface area contributed by atoms with Crippen LogP contribution in [0.5, 0.6) is 0 Å². The fraction of sp³-hybridized carbons (Fsp3) is 0.136. The minimum absolute atomic E-state index is 0.182. The molecule has 1 aromatic heterocycles. The number of anilines is 2. The number of rotatable bonds is 6. The van der Waals surface area contributed by atoms with E-state index < -0.39 is 5.91 Å². The summed E-state index contributed by atoms with van der Waals surface area (Å²) in [7, 11) is 0. The molecule has 0 bridgehead atoms. The van der Waals surface area contributed by atoms with Crippen LogP contribution in [-0.4, -0.2) is 24.3 Å². The zero-order chi connectivity index (χ0) is 20.8. The van der Waals surface area contributed by atoms with Gasteiger partial charge >= 0.3 is 0 Å². The van der Waals surface area contributed by atoms with E-state index in [9.17, 15) is 14.4 Å². The standard InChI is InChI=1S/C22H21N3O4/c1-3-23-20(26)15-6-4-7-17(12-15)24-21(27)16-10-9-14(2)18(13-16)25-22(28)19-8-5-11-29-19/h4-13H,3H2,1-2H3,(H,23,26)(H,24,27)(H,25,28). The van der Waals surface area contributed by atoms with E-state index in [1.807, 2.05) is 13.8 Å². The van der Waals surface area contributed by atoms with Crippen LogP contribution in [0.1, 0.15) is 43.8 Å². The maximum Gasteiger partial charge on any atom is 0.291 e. The monoisotopic (exact) mass is 391 g/mol. The number of amides is 3. The van der Waals surface area contributed by atoms with Crippen LogP contribution in [0, 0.1) is 6.92 Å². The van der Waals surface area contributed by atoms with Crippen molar-refractivity contribution in [1.29, 1.82) is 0 Å². The predicted molar refractivity (Wildman–Crippen MR) is 110 cm³/mol. The van der Waals surface area contributed by atoms with E-state index in [1.54, 1.807) is 54.6 Å². The predicted octanol–water partition coefficient (Wildman–Crippen LogP) is 3.84. The number of hydrogen-bond donors (Lipinski definition) is 3. The third-order valence-electron chi connectivity index (χ3n) is 4.21. The van der Waals surface area contributed by atoms with E-state index >= 15 is 0 Å². The second-order valence-electron chi connectivity index (χ2n) is 6.36. The lowest BCUT2D eigenvalue weighted by Crippen LogP contribution is -2.22. The molecule has 0 saturated heterocycles. The Morgan fingerprint density at radius 3 is 2.38 bits per heavy atom. The number of nitrogens with one attached hydrogen (secondary N) is 3. The third-order valence-corrected chi connectivity index (χ3v) is 4.21. The SMILES string of the molecule is CCNC(=O)c1cccc(NC(=O)c2ccc(C)c(NC(=O)c3ccco3)c2)c1. The van der Waals surface area contributed by atoms with Crippen LogP contribution in [0.15, 0.2) is 65.3 Å². The molecule has 0 fully saturated rings. The van der Waals surface area contributed by atoms with Crippen molar-refractivity contribution in [3.05, 3.63) is 83.3 Å². The summed E-state index contributed by atoms with van der Waals surface area (Å²) in [5.74, 6) is -0.778. The van der Waals surface area contributed by atoms with Gasteiger partial charge in [0.25, 0.3) is 17.7 Å². The van der Waals surface area contributed by atoms with Gasteiger partial charge in [0.1, 0.15) is 0 Å². The molecule has 3 amide bonds. The number of carbonyl (C=O) groups is 3. The molecule has 0 spiro atoms. The minimum atomic E-state index is -0.398. The molecule has 0 unspecified atom stereocenters. The Bertz CT molecular complexity index is 1040. The first kappa shape index (κ1) is 19.9. The Balaban J connectivity index is 1.75. The highest BCUT2D eigenvalue weighted by Gasteiger charge is 2.14. The van der Waals surface area contributed by atoms with Crippen LogP contribution in [0.25, 0.3) is 0 Å². The number of carbonyl (C=O) groups excluding carboxylic acids is 3. The number of aryl methyl sites for hydroxylation is 1. The molecule has 3 rings (SSSR count). The molecular formula is C22H21N3O4. The lowest BCUT2D eigenvalue weighted by molar-refractivity contribution is 0.0953. The summed E-state index contributed by atoms with van der Waals surface area (Å²) in [4.78, 5) is 36.8. The first-order valence-electron chi connectivity index (χ1n) is 9.13. The van der Waals surface area contributed by atoms with Gasteiger partial charge < -0.3 is 20.4 Å². The number of hydrogen-bond acceptors (Lipinski definition) is 4. The van der Waals surface area contributed by atoms with Crippen LogP contribution < -0.4 is 16.0 Å². The van der Waals surface area contributed by atoms with Crippen molar-refractivity contribution in [2.75, 3.05) is 17.2 Å². The van der Waals surface area contributed by atoms with Crippen LogP contribution in [0.4, 0.5) is 11.4 Å². The smallest absolute Gasteiger partial charge is 0.291 e. The molecule has 0 aliphatic heterocycles. The molecular weight excluding hydrogens is 370 g/mol. The van der Waals surface area contributed by atoms with E-state index in [-0.39, 0.29) is 17.6 Å². The Kier molecular flexibility index (Phi) is 6.09. The van der Waals surface area contributed by atoms with Gasteiger partial charge in [0.2, 0.25) is 0 Å². The van der Waals surface area contributed by atoms with Crippen molar-refractivity contribution in [3.8, 4) is 0 Å². The van der Waals surface area contributed by atoms with E-state index in [1.165, 1.54) is 6.26 Å².